The van der Waals surface area contributed by atoms with Crippen molar-refractivity contribution in [1.29, 1.82) is 0 Å². The maximum atomic E-state index is 13.8. The highest BCUT2D eigenvalue weighted by Gasteiger charge is 2.23. The second-order valence-electron chi connectivity index (χ2n) is 8.49. The Hall–Kier alpha value is -2.65. The molecule has 1 aliphatic rings. The molecule has 1 amide bonds. The molecule has 2 aromatic carbocycles. The van der Waals surface area contributed by atoms with E-state index in [1.54, 1.807) is 34.1 Å². The number of thiophene rings is 1. The lowest BCUT2D eigenvalue weighted by molar-refractivity contribution is -0.118. The summed E-state index contributed by atoms with van der Waals surface area (Å²) < 4.78 is 1.62. The standard InChI is InChI=1S/C26H22Cl2N4O2S2/c1-15-9-11-17(12-10-15)32-25(34)22-18-6-2-3-8-20(18)36-24(22)30-26(32)35-14-21(33)31-29-13-16-5-4-7-19(27)23(16)28/h4-5,7,9-13H,2-3,6,8,14H2,1H3,(H,31,33)/b29-13+. The molecule has 0 saturated carbocycles. The molecular weight excluding hydrogens is 535 g/mol. The third-order valence-corrected chi connectivity index (χ3v) is 8.91. The molecule has 0 unspecified atom stereocenters. The van der Waals surface area contributed by atoms with Crippen molar-refractivity contribution < 1.29 is 4.79 Å². The number of halogens is 2. The topological polar surface area (TPSA) is 76.3 Å². The van der Waals surface area contributed by atoms with Crippen LogP contribution in [-0.2, 0) is 17.6 Å². The molecule has 0 bridgehead atoms. The third kappa shape index (κ3) is 5.09. The van der Waals surface area contributed by atoms with Crippen molar-refractivity contribution in [3.05, 3.63) is 84.4 Å². The molecule has 36 heavy (non-hydrogen) atoms. The van der Waals surface area contributed by atoms with Gasteiger partial charge in [0.25, 0.3) is 11.5 Å². The number of thioether (sulfide) groups is 1. The molecule has 6 nitrogen and oxygen atoms in total. The zero-order valence-corrected chi connectivity index (χ0v) is 22.5. The second-order valence-corrected chi connectivity index (χ2v) is 11.3. The summed E-state index contributed by atoms with van der Waals surface area (Å²) in [6.07, 6.45) is 5.55. The smallest absolute Gasteiger partial charge is 0.267 e. The van der Waals surface area contributed by atoms with Crippen LogP contribution in [0.1, 0.15) is 34.4 Å². The van der Waals surface area contributed by atoms with Gasteiger partial charge in [-0.3, -0.25) is 14.2 Å². The molecule has 0 radical (unpaired) electrons. The van der Waals surface area contributed by atoms with Crippen molar-refractivity contribution in [3.63, 3.8) is 0 Å². The quantitative estimate of drug-likeness (QED) is 0.133. The highest BCUT2D eigenvalue weighted by molar-refractivity contribution is 7.99. The molecule has 1 N–H and O–H groups in total. The first-order chi connectivity index (χ1) is 17.4. The maximum Gasteiger partial charge on any atom is 0.267 e. The molecule has 10 heteroatoms. The van der Waals surface area contributed by atoms with Gasteiger partial charge < -0.3 is 0 Å². The number of aryl methyl sites for hydroxylation is 3. The molecule has 2 aromatic heterocycles. The SMILES string of the molecule is Cc1ccc(-n2c(SCC(=O)N/N=C/c3cccc(Cl)c3Cl)nc3sc4c(c3c2=O)CCCC4)cc1. The number of rotatable bonds is 6. The number of hydrogen-bond acceptors (Lipinski definition) is 6. The van der Waals surface area contributed by atoms with E-state index in [9.17, 15) is 9.59 Å². The Labute approximate surface area is 226 Å². The van der Waals surface area contributed by atoms with Crippen molar-refractivity contribution in [2.24, 2.45) is 5.10 Å². The van der Waals surface area contributed by atoms with Crippen molar-refractivity contribution in [1.82, 2.24) is 15.0 Å². The van der Waals surface area contributed by atoms with Gasteiger partial charge in [-0.05, 0) is 56.4 Å². The van der Waals surface area contributed by atoms with Crippen molar-refractivity contribution in [2.45, 2.75) is 37.8 Å². The Morgan fingerprint density at radius 2 is 1.97 bits per heavy atom. The van der Waals surface area contributed by atoms with Gasteiger partial charge in [-0.2, -0.15) is 5.10 Å². The van der Waals surface area contributed by atoms with Crippen LogP contribution >= 0.6 is 46.3 Å². The normalized spacial score (nSPS) is 13.3. The Morgan fingerprint density at radius 3 is 2.78 bits per heavy atom. The van der Waals surface area contributed by atoms with Crippen LogP contribution in [0.2, 0.25) is 10.0 Å². The summed E-state index contributed by atoms with van der Waals surface area (Å²) in [5.74, 6) is -0.292. The van der Waals surface area contributed by atoms with Crippen LogP contribution in [-0.4, -0.2) is 27.4 Å². The molecule has 184 valence electrons. The first kappa shape index (κ1) is 25.0. The number of hydrazone groups is 1. The lowest BCUT2D eigenvalue weighted by Crippen LogP contribution is -2.24. The lowest BCUT2D eigenvalue weighted by atomic mass is 9.97. The van der Waals surface area contributed by atoms with Crippen LogP contribution < -0.4 is 11.0 Å². The van der Waals surface area contributed by atoms with E-state index in [4.69, 9.17) is 28.2 Å². The molecule has 5 rings (SSSR count). The number of nitrogens with zero attached hydrogens (tertiary/aromatic N) is 3. The second kappa shape index (κ2) is 10.8. The van der Waals surface area contributed by atoms with Gasteiger partial charge in [-0.25, -0.2) is 10.4 Å². The number of nitrogens with one attached hydrogen (secondary N) is 1. The van der Waals surface area contributed by atoms with Crippen LogP contribution in [0.4, 0.5) is 0 Å². The summed E-state index contributed by atoms with van der Waals surface area (Å²) >= 11 is 15.0. The minimum atomic E-state index is -0.329. The third-order valence-electron chi connectivity index (χ3n) is 5.96. The predicted molar refractivity (Wildman–Crippen MR) is 150 cm³/mol. The Kier molecular flexibility index (Phi) is 7.48. The minimum absolute atomic E-state index is 0.0372. The molecule has 0 saturated heterocycles. The fraction of sp³-hybridized carbons (Fsp3) is 0.231. The lowest BCUT2D eigenvalue weighted by Gasteiger charge is -2.13. The summed E-state index contributed by atoms with van der Waals surface area (Å²) in [6, 6.07) is 12.9. The Bertz CT molecular complexity index is 1540. The molecule has 0 atom stereocenters. The number of carbonyl (C=O) groups excluding carboxylic acids is 1. The first-order valence-electron chi connectivity index (χ1n) is 11.5. The van der Waals surface area contributed by atoms with Gasteiger partial charge in [0.05, 0.1) is 33.1 Å². The Morgan fingerprint density at radius 1 is 1.19 bits per heavy atom. The number of amides is 1. The van der Waals surface area contributed by atoms with Crippen molar-refractivity contribution in [3.8, 4) is 5.69 Å². The summed E-state index contributed by atoms with van der Waals surface area (Å²) in [7, 11) is 0. The van der Waals surface area contributed by atoms with E-state index in [2.05, 4.69) is 10.5 Å². The monoisotopic (exact) mass is 556 g/mol. The van der Waals surface area contributed by atoms with E-state index < -0.39 is 0 Å². The number of benzene rings is 2. The Balaban J connectivity index is 1.43. The van der Waals surface area contributed by atoms with Crippen molar-refractivity contribution in [2.75, 3.05) is 5.75 Å². The largest absolute Gasteiger partial charge is 0.272 e. The van der Waals surface area contributed by atoms with Gasteiger partial charge in [-0.15, -0.1) is 11.3 Å². The summed E-state index contributed by atoms with van der Waals surface area (Å²) in [5, 5.41) is 5.96. The number of aromatic nitrogens is 2. The van der Waals surface area contributed by atoms with Crippen LogP contribution in [0.3, 0.4) is 0 Å². The van der Waals surface area contributed by atoms with Gasteiger partial charge in [0.15, 0.2) is 5.16 Å². The minimum Gasteiger partial charge on any atom is -0.272 e. The average molecular weight is 558 g/mol. The van der Waals surface area contributed by atoms with Crippen LogP contribution in [0.5, 0.6) is 0 Å². The number of hydrogen-bond donors (Lipinski definition) is 1. The van der Waals surface area contributed by atoms with E-state index in [1.807, 2.05) is 31.2 Å². The summed E-state index contributed by atoms with van der Waals surface area (Å²) in [5.41, 5.74) is 5.98. The van der Waals surface area contributed by atoms with E-state index in [1.165, 1.54) is 22.9 Å². The van der Waals surface area contributed by atoms with Gasteiger partial charge in [0.1, 0.15) is 4.83 Å². The number of carbonyl (C=O) groups is 1. The highest BCUT2D eigenvalue weighted by atomic mass is 35.5. The van der Waals surface area contributed by atoms with Crippen LogP contribution in [0, 0.1) is 6.92 Å². The fourth-order valence-electron chi connectivity index (χ4n) is 4.16. The highest BCUT2D eigenvalue weighted by Crippen LogP contribution is 2.35. The molecule has 2 heterocycles. The summed E-state index contributed by atoms with van der Waals surface area (Å²) in [4.78, 5) is 33.2. The van der Waals surface area contributed by atoms with Crippen molar-refractivity contribution >= 4 is 68.6 Å². The zero-order valence-electron chi connectivity index (χ0n) is 19.4. The van der Waals surface area contributed by atoms with E-state index in [0.29, 0.717) is 26.2 Å². The van der Waals surface area contributed by atoms with Gasteiger partial charge in [-0.1, -0.05) is 64.8 Å². The van der Waals surface area contributed by atoms with Crippen LogP contribution in [0.15, 0.2) is 57.5 Å². The van der Waals surface area contributed by atoms with E-state index in [0.717, 1.165) is 47.3 Å². The molecule has 0 aliphatic heterocycles. The van der Waals surface area contributed by atoms with Gasteiger partial charge in [0.2, 0.25) is 0 Å². The van der Waals surface area contributed by atoms with Gasteiger partial charge in [0, 0.05) is 10.4 Å². The average Bonchev–Trinajstić information content (AvgIpc) is 3.25. The first-order valence-corrected chi connectivity index (χ1v) is 14.0. The number of fused-ring (bicyclic) bond motifs is 3. The zero-order chi connectivity index (χ0) is 25.2. The predicted octanol–water partition coefficient (Wildman–Crippen LogP) is 6.18. The molecule has 0 spiro atoms. The van der Waals surface area contributed by atoms with Gasteiger partial charge >= 0.3 is 0 Å². The fourth-order valence-corrected chi connectivity index (χ4v) is 6.63. The van der Waals surface area contributed by atoms with E-state index >= 15 is 0 Å². The summed E-state index contributed by atoms with van der Waals surface area (Å²) in [6.45, 7) is 2.00. The molecular formula is C26H22Cl2N4O2S2. The molecule has 1 aliphatic carbocycles. The molecule has 4 aromatic rings. The van der Waals surface area contributed by atoms with Crippen LogP contribution in [0.25, 0.3) is 15.9 Å². The molecule has 0 fully saturated rings. The van der Waals surface area contributed by atoms with E-state index in [-0.39, 0.29) is 17.2 Å². The maximum absolute atomic E-state index is 13.8.